The molecule has 1 N–H and O–H groups in total. The van der Waals surface area contributed by atoms with Crippen molar-refractivity contribution in [3.05, 3.63) is 34.4 Å². The molecule has 2 rings (SSSR count). The van der Waals surface area contributed by atoms with E-state index in [9.17, 15) is 9.59 Å². The van der Waals surface area contributed by atoms with E-state index in [1.807, 2.05) is 0 Å². The number of hydrogen-bond donors (Lipinski definition) is 1. The molecule has 1 atom stereocenters. The average Bonchev–Trinajstić information content (AvgIpc) is 2.72. The van der Waals surface area contributed by atoms with E-state index < -0.39 is 0 Å². The summed E-state index contributed by atoms with van der Waals surface area (Å²) < 4.78 is 0. The number of allylic oxidation sites excluding steroid dienone is 4. The summed E-state index contributed by atoms with van der Waals surface area (Å²) in [5, 5.41) is 2.40. The summed E-state index contributed by atoms with van der Waals surface area (Å²) in [6.07, 6.45) is 7.84. The molecular formula is C19H27NO2. The highest BCUT2D eigenvalue weighted by Gasteiger charge is 2.32. The van der Waals surface area contributed by atoms with Crippen molar-refractivity contribution in [2.45, 2.75) is 60.3 Å². The van der Waals surface area contributed by atoms with Crippen LogP contribution in [0.15, 0.2) is 34.4 Å². The molecule has 1 aliphatic carbocycles. The standard InChI is InChI=1S/C19H27NO2/c1-12(7-6-8-13(2)19(3,4)5)14-9-10-15-16(11-14)18(22)20-17(15)21/h8-9,12H,6-7,10-11H2,1-5H3,(H,20,21,22)/b13-8+. The fraction of sp³-hybridized carbons (Fsp3) is 0.579. The molecule has 0 aromatic carbocycles. The topological polar surface area (TPSA) is 46.2 Å². The third-order valence-corrected chi connectivity index (χ3v) is 4.95. The zero-order valence-corrected chi connectivity index (χ0v) is 14.4. The molecule has 0 fully saturated rings. The first-order valence-electron chi connectivity index (χ1n) is 8.14. The first kappa shape index (κ1) is 16.7. The van der Waals surface area contributed by atoms with E-state index in [0.717, 1.165) is 12.8 Å². The fourth-order valence-corrected chi connectivity index (χ4v) is 2.86. The van der Waals surface area contributed by atoms with E-state index in [2.05, 4.69) is 52.1 Å². The predicted molar refractivity (Wildman–Crippen MR) is 89.1 cm³/mol. The summed E-state index contributed by atoms with van der Waals surface area (Å²) in [6, 6.07) is 0. The molecule has 3 heteroatoms. The van der Waals surface area contributed by atoms with Crippen molar-refractivity contribution < 1.29 is 9.59 Å². The van der Waals surface area contributed by atoms with Gasteiger partial charge in [-0.15, -0.1) is 0 Å². The molecule has 3 nitrogen and oxygen atoms in total. The van der Waals surface area contributed by atoms with Gasteiger partial charge >= 0.3 is 0 Å². The lowest BCUT2D eigenvalue weighted by Gasteiger charge is -2.21. The Bertz CT molecular complexity index is 585. The highest BCUT2D eigenvalue weighted by Crippen LogP contribution is 2.34. The molecular weight excluding hydrogens is 274 g/mol. The van der Waals surface area contributed by atoms with Gasteiger partial charge in [-0.05, 0) is 43.9 Å². The third kappa shape index (κ3) is 3.57. The molecule has 0 bridgehead atoms. The first-order valence-corrected chi connectivity index (χ1v) is 8.14. The third-order valence-electron chi connectivity index (χ3n) is 4.95. The van der Waals surface area contributed by atoms with Crippen molar-refractivity contribution in [3.8, 4) is 0 Å². The summed E-state index contributed by atoms with van der Waals surface area (Å²) in [5.41, 5.74) is 4.31. The van der Waals surface area contributed by atoms with Crippen molar-refractivity contribution in [2.75, 3.05) is 0 Å². The van der Waals surface area contributed by atoms with Gasteiger partial charge in [0.25, 0.3) is 11.8 Å². The van der Waals surface area contributed by atoms with Gasteiger partial charge in [0.1, 0.15) is 0 Å². The Kier molecular flexibility index (Phi) is 4.74. The van der Waals surface area contributed by atoms with E-state index >= 15 is 0 Å². The molecule has 22 heavy (non-hydrogen) atoms. The van der Waals surface area contributed by atoms with Crippen LogP contribution in [0, 0.1) is 11.3 Å². The maximum atomic E-state index is 11.8. The lowest BCUT2D eigenvalue weighted by Crippen LogP contribution is -2.23. The van der Waals surface area contributed by atoms with E-state index in [0.29, 0.717) is 29.9 Å². The number of amides is 2. The van der Waals surface area contributed by atoms with E-state index in [-0.39, 0.29) is 17.2 Å². The molecule has 0 spiro atoms. The normalized spacial score (nSPS) is 20.8. The molecule has 0 aromatic heterocycles. The lowest BCUT2D eigenvalue weighted by atomic mass is 9.83. The summed E-state index contributed by atoms with van der Waals surface area (Å²) in [7, 11) is 0. The minimum absolute atomic E-state index is 0.193. The number of rotatable bonds is 4. The predicted octanol–water partition coefficient (Wildman–Crippen LogP) is 4.07. The Morgan fingerprint density at radius 1 is 1.27 bits per heavy atom. The van der Waals surface area contributed by atoms with E-state index in [1.54, 1.807) is 0 Å². The highest BCUT2D eigenvalue weighted by molar-refractivity contribution is 6.19. The summed E-state index contributed by atoms with van der Waals surface area (Å²) in [6.45, 7) is 11.1. The van der Waals surface area contributed by atoms with E-state index in [4.69, 9.17) is 0 Å². The van der Waals surface area contributed by atoms with Crippen molar-refractivity contribution >= 4 is 11.8 Å². The average molecular weight is 301 g/mol. The van der Waals surface area contributed by atoms with Crippen LogP contribution in [0.3, 0.4) is 0 Å². The second kappa shape index (κ2) is 6.23. The number of nitrogens with one attached hydrogen (secondary N) is 1. The second-order valence-electron chi connectivity index (χ2n) is 7.52. The summed E-state index contributed by atoms with van der Waals surface area (Å²) >= 11 is 0. The number of imide groups is 1. The zero-order valence-electron chi connectivity index (χ0n) is 14.4. The molecule has 120 valence electrons. The number of hydrogen-bond acceptors (Lipinski definition) is 2. The zero-order chi connectivity index (χ0) is 16.5. The van der Waals surface area contributed by atoms with E-state index in [1.165, 1.54) is 11.1 Å². The van der Waals surface area contributed by atoms with Crippen molar-refractivity contribution in [2.24, 2.45) is 11.3 Å². The van der Waals surface area contributed by atoms with Crippen LogP contribution >= 0.6 is 0 Å². The van der Waals surface area contributed by atoms with Gasteiger partial charge in [-0.2, -0.15) is 0 Å². The lowest BCUT2D eigenvalue weighted by molar-refractivity contribution is -0.124. The molecule has 0 aromatic rings. The maximum Gasteiger partial charge on any atom is 0.254 e. The van der Waals surface area contributed by atoms with Gasteiger partial charge in [-0.25, -0.2) is 0 Å². The Balaban J connectivity index is 1.93. The van der Waals surface area contributed by atoms with Crippen LogP contribution in [0.2, 0.25) is 0 Å². The SMILES string of the molecule is C/C(=C\CCC(C)C1=CCC2=C(C1)C(=O)NC2=O)C(C)(C)C. The highest BCUT2D eigenvalue weighted by atomic mass is 16.2. The van der Waals surface area contributed by atoms with Gasteiger partial charge in [-0.1, -0.05) is 51.0 Å². The Hall–Kier alpha value is -1.64. The number of carbonyl (C=O) groups is 2. The maximum absolute atomic E-state index is 11.8. The van der Waals surface area contributed by atoms with Gasteiger partial charge in [-0.3, -0.25) is 14.9 Å². The molecule has 0 saturated carbocycles. The monoisotopic (exact) mass is 301 g/mol. The van der Waals surface area contributed by atoms with Gasteiger partial charge in [0.05, 0.1) is 0 Å². The quantitative estimate of drug-likeness (QED) is 0.628. The summed E-state index contributed by atoms with van der Waals surface area (Å²) in [4.78, 5) is 23.4. The molecule has 0 radical (unpaired) electrons. The molecule has 1 aliphatic heterocycles. The van der Waals surface area contributed by atoms with Crippen molar-refractivity contribution in [1.29, 1.82) is 0 Å². The molecule has 0 saturated heterocycles. The minimum Gasteiger partial charge on any atom is -0.289 e. The Morgan fingerprint density at radius 2 is 1.91 bits per heavy atom. The molecule has 1 unspecified atom stereocenters. The summed E-state index contributed by atoms with van der Waals surface area (Å²) in [5.74, 6) is 0.0505. The molecule has 2 amide bonds. The first-order chi connectivity index (χ1) is 10.2. The van der Waals surface area contributed by atoms with Gasteiger partial charge in [0.15, 0.2) is 0 Å². The molecule has 2 aliphatic rings. The van der Waals surface area contributed by atoms with Crippen LogP contribution in [-0.4, -0.2) is 11.8 Å². The number of carbonyl (C=O) groups excluding carboxylic acids is 2. The molecule has 1 heterocycles. The van der Waals surface area contributed by atoms with Crippen molar-refractivity contribution in [3.63, 3.8) is 0 Å². The van der Waals surface area contributed by atoms with Gasteiger partial charge < -0.3 is 0 Å². The van der Waals surface area contributed by atoms with Crippen LogP contribution in [0.5, 0.6) is 0 Å². The second-order valence-corrected chi connectivity index (χ2v) is 7.52. The van der Waals surface area contributed by atoms with Gasteiger partial charge in [0, 0.05) is 11.1 Å². The van der Waals surface area contributed by atoms with Crippen LogP contribution in [0.1, 0.15) is 60.3 Å². The Labute approximate surface area is 133 Å². The van der Waals surface area contributed by atoms with Gasteiger partial charge in [0.2, 0.25) is 0 Å². The van der Waals surface area contributed by atoms with Crippen LogP contribution < -0.4 is 5.32 Å². The van der Waals surface area contributed by atoms with Crippen molar-refractivity contribution in [1.82, 2.24) is 5.32 Å². The fourth-order valence-electron chi connectivity index (χ4n) is 2.86. The minimum atomic E-state index is -0.202. The van der Waals surface area contributed by atoms with Crippen LogP contribution in [-0.2, 0) is 9.59 Å². The largest absolute Gasteiger partial charge is 0.289 e. The Morgan fingerprint density at radius 3 is 2.55 bits per heavy atom. The van der Waals surface area contributed by atoms with Crippen LogP contribution in [0.4, 0.5) is 0 Å². The smallest absolute Gasteiger partial charge is 0.254 e. The van der Waals surface area contributed by atoms with Crippen LogP contribution in [0.25, 0.3) is 0 Å².